The van der Waals surface area contributed by atoms with Gasteiger partial charge in [0.25, 0.3) is 0 Å². The smallest absolute Gasteiger partial charge is 0.155 e. The second kappa shape index (κ2) is 5.61. The molecule has 1 heterocycles. The number of rotatable bonds is 5. The molecular formula is C11H11N5O. The molecule has 0 atom stereocenters. The molecule has 6 nitrogen and oxygen atoms in total. The first-order valence-corrected chi connectivity index (χ1v) is 5.20. The number of hydrogen-bond donors (Lipinski definition) is 0. The van der Waals surface area contributed by atoms with Gasteiger partial charge in [-0.05, 0) is 22.6 Å². The minimum Gasteiger partial charge on any atom is -0.493 e. The Balaban J connectivity index is 1.86. The van der Waals surface area contributed by atoms with Gasteiger partial charge in [0.05, 0.1) is 12.7 Å². The van der Waals surface area contributed by atoms with E-state index in [0.29, 0.717) is 18.9 Å². The van der Waals surface area contributed by atoms with Gasteiger partial charge in [0.1, 0.15) is 12.3 Å². The summed E-state index contributed by atoms with van der Waals surface area (Å²) in [6.07, 6.45) is 0.573. The molecule has 0 aliphatic carbocycles. The van der Waals surface area contributed by atoms with Crippen LogP contribution in [0.1, 0.15) is 5.82 Å². The van der Waals surface area contributed by atoms with Crippen LogP contribution in [-0.2, 0) is 13.0 Å². The number of tetrazole rings is 1. The van der Waals surface area contributed by atoms with E-state index < -0.39 is 0 Å². The van der Waals surface area contributed by atoms with Crippen LogP contribution in [-0.4, -0.2) is 26.8 Å². The molecule has 0 bridgehead atoms. The molecule has 1 aromatic carbocycles. The minimum atomic E-state index is 0.160. The van der Waals surface area contributed by atoms with Gasteiger partial charge in [-0.15, -0.1) is 5.10 Å². The van der Waals surface area contributed by atoms with Crippen LogP contribution in [0, 0.1) is 11.3 Å². The van der Waals surface area contributed by atoms with Crippen molar-refractivity contribution in [3.8, 4) is 11.8 Å². The number of para-hydroxylation sites is 1. The monoisotopic (exact) mass is 229 g/mol. The Morgan fingerprint density at radius 2 is 2.12 bits per heavy atom. The number of nitrogens with zero attached hydrogens (tertiary/aromatic N) is 5. The van der Waals surface area contributed by atoms with Crippen LogP contribution in [0.2, 0.25) is 0 Å². The Labute approximate surface area is 98.4 Å². The zero-order valence-corrected chi connectivity index (χ0v) is 9.15. The maximum absolute atomic E-state index is 8.57. The fourth-order valence-corrected chi connectivity index (χ4v) is 1.37. The molecule has 0 spiro atoms. The van der Waals surface area contributed by atoms with E-state index in [2.05, 4.69) is 15.5 Å². The van der Waals surface area contributed by atoms with E-state index in [1.807, 2.05) is 36.4 Å². The molecule has 0 saturated carbocycles. The molecule has 0 saturated heterocycles. The van der Waals surface area contributed by atoms with Crippen LogP contribution in [0.15, 0.2) is 30.3 Å². The molecule has 17 heavy (non-hydrogen) atoms. The Kier molecular flexibility index (Phi) is 3.65. The lowest BCUT2D eigenvalue weighted by Gasteiger charge is -2.04. The third-order valence-electron chi connectivity index (χ3n) is 2.16. The molecule has 86 valence electrons. The van der Waals surface area contributed by atoms with E-state index in [9.17, 15) is 0 Å². The number of hydrogen-bond acceptors (Lipinski definition) is 5. The number of benzene rings is 1. The second-order valence-corrected chi connectivity index (χ2v) is 3.32. The lowest BCUT2D eigenvalue weighted by molar-refractivity contribution is 0.316. The molecule has 2 aromatic rings. The maximum atomic E-state index is 8.57. The van der Waals surface area contributed by atoms with Crippen LogP contribution in [0.5, 0.6) is 5.75 Å². The van der Waals surface area contributed by atoms with Gasteiger partial charge in [-0.1, -0.05) is 18.2 Å². The third-order valence-corrected chi connectivity index (χ3v) is 2.16. The largest absolute Gasteiger partial charge is 0.493 e. The van der Waals surface area contributed by atoms with Crippen LogP contribution >= 0.6 is 0 Å². The van der Waals surface area contributed by atoms with Crippen molar-refractivity contribution >= 4 is 0 Å². The SMILES string of the molecule is N#CCn1nnnc1CCOc1ccccc1. The van der Waals surface area contributed by atoms with Crippen molar-refractivity contribution in [2.45, 2.75) is 13.0 Å². The molecule has 0 amide bonds. The van der Waals surface area contributed by atoms with Crippen molar-refractivity contribution in [1.29, 1.82) is 5.26 Å². The highest BCUT2D eigenvalue weighted by atomic mass is 16.5. The summed E-state index contributed by atoms with van der Waals surface area (Å²) in [7, 11) is 0. The number of nitriles is 1. The van der Waals surface area contributed by atoms with Gasteiger partial charge in [0.15, 0.2) is 5.82 Å². The van der Waals surface area contributed by atoms with E-state index >= 15 is 0 Å². The molecular weight excluding hydrogens is 218 g/mol. The summed E-state index contributed by atoms with van der Waals surface area (Å²) in [6.45, 7) is 0.642. The average molecular weight is 229 g/mol. The molecule has 2 rings (SSSR count). The second-order valence-electron chi connectivity index (χ2n) is 3.32. The molecule has 0 fully saturated rings. The molecule has 1 aromatic heterocycles. The van der Waals surface area contributed by atoms with Crippen LogP contribution in [0.25, 0.3) is 0 Å². The Morgan fingerprint density at radius 3 is 2.88 bits per heavy atom. The Morgan fingerprint density at radius 1 is 1.29 bits per heavy atom. The number of ether oxygens (including phenoxy) is 1. The summed E-state index contributed by atoms with van der Waals surface area (Å²) < 4.78 is 6.99. The predicted octanol–water partition coefficient (Wildman–Crippen LogP) is 0.818. The zero-order chi connectivity index (χ0) is 11.9. The molecule has 0 radical (unpaired) electrons. The third kappa shape index (κ3) is 3.01. The molecule has 0 aliphatic rings. The van der Waals surface area contributed by atoms with Crippen molar-refractivity contribution in [2.24, 2.45) is 0 Å². The highest BCUT2D eigenvalue weighted by molar-refractivity contribution is 5.20. The maximum Gasteiger partial charge on any atom is 0.155 e. The summed E-state index contributed by atoms with van der Waals surface area (Å²) in [6, 6.07) is 11.5. The van der Waals surface area contributed by atoms with E-state index in [1.165, 1.54) is 4.68 Å². The zero-order valence-electron chi connectivity index (χ0n) is 9.15. The summed E-state index contributed by atoms with van der Waals surface area (Å²) in [5.74, 6) is 1.47. The predicted molar refractivity (Wildman–Crippen MR) is 59.1 cm³/mol. The van der Waals surface area contributed by atoms with Gasteiger partial charge >= 0.3 is 0 Å². The van der Waals surface area contributed by atoms with Crippen molar-refractivity contribution in [1.82, 2.24) is 20.2 Å². The fraction of sp³-hybridized carbons (Fsp3) is 0.273. The highest BCUT2D eigenvalue weighted by Gasteiger charge is 2.05. The summed E-state index contributed by atoms with van der Waals surface area (Å²) in [5.41, 5.74) is 0. The Hall–Kier alpha value is -2.42. The van der Waals surface area contributed by atoms with Gasteiger partial charge in [-0.3, -0.25) is 0 Å². The van der Waals surface area contributed by atoms with Gasteiger partial charge in [-0.25, -0.2) is 4.68 Å². The fourth-order valence-electron chi connectivity index (χ4n) is 1.37. The van der Waals surface area contributed by atoms with Gasteiger partial charge in [0, 0.05) is 6.42 Å². The van der Waals surface area contributed by atoms with Gasteiger partial charge in [0.2, 0.25) is 0 Å². The summed E-state index contributed by atoms with van der Waals surface area (Å²) in [5, 5.41) is 19.6. The standard InChI is InChI=1S/C11H11N5O/c12-7-8-16-11(13-14-15-16)6-9-17-10-4-2-1-3-5-10/h1-5H,6,8-9H2. The summed E-state index contributed by atoms with van der Waals surface area (Å²) in [4.78, 5) is 0. The van der Waals surface area contributed by atoms with Crippen molar-refractivity contribution < 1.29 is 4.74 Å². The minimum absolute atomic E-state index is 0.160. The van der Waals surface area contributed by atoms with Crippen molar-refractivity contribution in [2.75, 3.05) is 6.61 Å². The normalized spacial score (nSPS) is 9.82. The molecule has 6 heteroatoms. The average Bonchev–Trinajstić information content (AvgIpc) is 2.79. The van der Waals surface area contributed by atoms with Gasteiger partial charge < -0.3 is 4.74 Å². The van der Waals surface area contributed by atoms with Crippen LogP contribution in [0.3, 0.4) is 0 Å². The van der Waals surface area contributed by atoms with Crippen molar-refractivity contribution in [3.63, 3.8) is 0 Å². The molecule has 0 N–H and O–H groups in total. The number of aromatic nitrogens is 4. The summed E-state index contributed by atoms with van der Waals surface area (Å²) >= 11 is 0. The topological polar surface area (TPSA) is 76.6 Å². The quantitative estimate of drug-likeness (QED) is 0.758. The first-order valence-electron chi connectivity index (χ1n) is 5.20. The first kappa shape index (κ1) is 11.1. The molecule has 0 unspecified atom stereocenters. The lowest BCUT2D eigenvalue weighted by Crippen LogP contribution is -2.09. The highest BCUT2D eigenvalue weighted by Crippen LogP contribution is 2.08. The van der Waals surface area contributed by atoms with Crippen molar-refractivity contribution in [3.05, 3.63) is 36.2 Å². The van der Waals surface area contributed by atoms with E-state index in [4.69, 9.17) is 10.00 Å². The Bertz CT molecular complexity index is 502. The van der Waals surface area contributed by atoms with E-state index in [-0.39, 0.29) is 6.54 Å². The first-order chi connectivity index (χ1) is 8.40. The van der Waals surface area contributed by atoms with Crippen LogP contribution in [0.4, 0.5) is 0 Å². The van der Waals surface area contributed by atoms with E-state index in [1.54, 1.807) is 0 Å². The van der Waals surface area contributed by atoms with Crippen LogP contribution < -0.4 is 4.74 Å². The molecule has 0 aliphatic heterocycles. The van der Waals surface area contributed by atoms with E-state index in [0.717, 1.165) is 5.75 Å². The van der Waals surface area contributed by atoms with Gasteiger partial charge in [-0.2, -0.15) is 5.26 Å². The lowest BCUT2D eigenvalue weighted by atomic mass is 10.3.